The van der Waals surface area contributed by atoms with Crippen LogP contribution in [0.5, 0.6) is 0 Å². The van der Waals surface area contributed by atoms with Gasteiger partial charge in [0, 0.05) is 1660 Å². The number of carbonyl (C=O) groups is 6. The topological polar surface area (TPSA) is 187 Å². The summed E-state index contributed by atoms with van der Waals surface area (Å²) >= 11 is 8.81. The molecule has 132 heavy (non-hydrogen) atoms. The molecule has 58 heteroatoms. The molecule has 0 heterocycles. The molecule has 3 aromatic rings. The van der Waals surface area contributed by atoms with Gasteiger partial charge >= 0.3 is 0 Å². The van der Waals surface area contributed by atoms with Crippen LogP contribution in [0, 0.1) is 1590 Å². The Morgan fingerprint density at radius 3 is 0.402 bits per heavy atom. The van der Waals surface area contributed by atoms with Gasteiger partial charge in [-0.2, -0.15) is 0 Å². The van der Waals surface area contributed by atoms with E-state index in [4.69, 9.17) is 49.9 Å². The van der Waals surface area contributed by atoms with Crippen LogP contribution in [0.15, 0.2) is 125 Å². The van der Waals surface area contributed by atoms with Crippen LogP contribution in [0.25, 0.3) is 31.3 Å². The first kappa shape index (κ1) is 407. The van der Waals surface area contributed by atoms with Gasteiger partial charge in [-0.3, -0.25) is 14.4 Å². The van der Waals surface area contributed by atoms with Gasteiger partial charge in [0.25, 0.3) is 17.1 Å². The second-order valence-electron chi connectivity index (χ2n) is 11.3. The van der Waals surface area contributed by atoms with Gasteiger partial charge < -0.3 is 36.7 Å². The quantitative estimate of drug-likeness (QED) is 0.0694. The summed E-state index contributed by atoms with van der Waals surface area (Å²) in [5.74, 6) is 5.09. The van der Waals surface area contributed by atoms with Crippen LogP contribution < -0.4 is 0 Å². The van der Waals surface area contributed by atoms with Crippen LogP contribution in [0.4, 0.5) is 0 Å². The second kappa shape index (κ2) is 357. The Bertz CT molecular complexity index is 2500. The van der Waals surface area contributed by atoms with E-state index < -0.39 is 0 Å². The summed E-state index contributed by atoms with van der Waals surface area (Å²) in [7, 11) is 0. The van der Waals surface area contributed by atoms with E-state index in [9.17, 15) is 14.4 Å². The van der Waals surface area contributed by atoms with Crippen molar-refractivity contribution in [1.29, 1.82) is 15.8 Å². The molecule has 6 rings (SSSR count). The molecule has 0 fully saturated rings. The molecular formula is C74H118Ar40Br3N6O6Y3-3. The minimum Gasteiger partial charge on any atom is -0.358 e. The predicted molar refractivity (Wildman–Crippen MR) is 408 cm³/mol. The molecular weight excluding hydrogens is 3170 g/mol. The van der Waals surface area contributed by atoms with E-state index in [2.05, 4.69) is 62.3 Å². The Morgan fingerprint density at radius 2 is 0.333 bits per heavy atom. The van der Waals surface area contributed by atoms with Gasteiger partial charge in [-0.05, 0) is 75.7 Å². The molecule has 0 aliphatic heterocycles. The van der Waals surface area contributed by atoms with Gasteiger partial charge in [0.05, 0.1) is 37.9 Å². The first-order valence-electron chi connectivity index (χ1n) is 26.8. The third-order valence-corrected chi connectivity index (χ3v) is 8.09. The number of nitrogens with zero attached hydrogens (tertiary/aromatic N) is 6. The van der Waals surface area contributed by atoms with E-state index in [0.717, 1.165) is 18.9 Å². The predicted octanol–water partition coefficient (Wildman–Crippen LogP) is 24.7. The van der Waals surface area contributed by atoms with Gasteiger partial charge in [0.1, 0.15) is 18.9 Å². The average molecular weight is 3290 g/mol. The molecule has 3 aliphatic rings. The molecule has 12 nitrogen and oxygen atoms in total. The van der Waals surface area contributed by atoms with Crippen LogP contribution in [0.2, 0.25) is 0 Å². The van der Waals surface area contributed by atoms with Crippen LogP contribution in [0.1, 0.15) is 230 Å². The molecule has 3 aromatic carbocycles. The van der Waals surface area contributed by atoms with Crippen molar-refractivity contribution in [2.45, 2.75) is 182 Å². The molecule has 0 N–H and O–H groups in total. The number of ketones is 3. The Kier molecular flexibility index (Phi) is 1100. The standard InChI is InChI=1S/3C14H8N2O.3C2H4O.8C2H6.3CH3Br.4CH4.3CH3.40Ar.3Y/c3*1-3-9-13(12(8-15)16-2)10-6-4-5-7-11(10)14(9)17;3*1-2-3;11*1-2;;;;;;;;;;;;;;;;;;;;;;;;;;;;;;;;;;;;;;;;;;;;;;;;;;/h3*3-7H,1H3;3*2H,1H3;8*1-2H3;3*1H3;4*1H4;3*1H3;;;;;;;;;;;;;;;;;;;;;;;;;;;;;;;;;;;;;;;;;;;/q;;;;;;;;;;;;;;;;;;;;;3*-1;;;;;;;;;;;;;;;;;;;;;;;;;;;;;;;;;;;;;;;;;;;/b9-3-,13-12+;2*9-3-,13-12-;;;;;;;;;;;;;;;;;;;;;;;;;;;;;;;;;;;;;;;;;;;;;;;;;;;;;;;;;;;;;;;;. The van der Waals surface area contributed by atoms with E-state index in [0.29, 0.717) is 66.8 Å². The largest absolute Gasteiger partial charge is 0.358 e. The number of hydrogen-bond acceptors (Lipinski definition) is 9. The first-order chi connectivity index (χ1) is 40.0. The van der Waals surface area contributed by atoms with E-state index in [1.165, 1.54) is 20.8 Å². The molecule has 0 spiro atoms. The van der Waals surface area contributed by atoms with Crippen LogP contribution in [0.3, 0.4) is 0 Å². The molecule has 0 aromatic heterocycles. The van der Waals surface area contributed by atoms with Crippen LogP contribution in [-0.4, -0.2) is 53.7 Å². The fourth-order valence-corrected chi connectivity index (χ4v) is 5.91. The van der Waals surface area contributed by atoms with Crippen molar-refractivity contribution in [3.63, 3.8) is 0 Å². The van der Waals surface area contributed by atoms with Gasteiger partial charge in [-0.15, -0.1) is 0 Å². The summed E-state index contributed by atoms with van der Waals surface area (Å²) in [5, 5.41) is 26.9. The van der Waals surface area contributed by atoms with Gasteiger partial charge in [-0.25, -0.2) is 30.3 Å². The molecule has 0 bridgehead atoms. The zero-order chi connectivity index (χ0) is 67.4. The number of aldehydes is 3. The Morgan fingerprint density at radius 1 is 0.250 bits per heavy atom. The monoisotopic (exact) mass is 3290 g/mol. The smallest absolute Gasteiger partial charge is 0.270 e. The van der Waals surface area contributed by atoms with Gasteiger partial charge in [0.2, 0.25) is 0 Å². The average Bonchev–Trinajstić information content (AvgIpc) is 4.14. The van der Waals surface area contributed by atoms with E-state index in [-0.39, 0.29) is 1690 Å². The summed E-state index contributed by atoms with van der Waals surface area (Å²) in [6.07, 6.45) is 7.21. The minimum absolute atomic E-state index is 0. The normalized spacial score (nSPS) is 7.95. The molecule has 0 saturated heterocycles. The summed E-state index contributed by atoms with van der Waals surface area (Å²) in [6, 6.07) is 26.7. The molecule has 0 atom stereocenters. The molecule has 0 saturated carbocycles. The van der Waals surface area contributed by atoms with Crippen molar-refractivity contribution in [2.75, 3.05) is 17.5 Å². The van der Waals surface area contributed by atoms with Gasteiger partial charge in [-0.1, -0.05) is 279 Å². The maximum atomic E-state index is 12.1. The van der Waals surface area contributed by atoms with Crippen molar-refractivity contribution >= 4 is 101 Å². The summed E-state index contributed by atoms with van der Waals surface area (Å²) < 4.78 is 0. The first-order valence-corrected chi connectivity index (χ1v) is 31.5. The third-order valence-electron chi connectivity index (χ3n) is 8.09. The number of nitriles is 3. The molecule has 3 radical (unpaired) electrons. The number of fused-ring (bicyclic) bond motifs is 3. The molecule has 3 aliphatic carbocycles. The van der Waals surface area contributed by atoms with Crippen molar-refractivity contribution in [3.8, 4) is 18.2 Å². The van der Waals surface area contributed by atoms with E-state index in [1.807, 2.05) is 146 Å². The van der Waals surface area contributed by atoms with Crippen molar-refractivity contribution in [1.82, 2.24) is 0 Å². The maximum absolute atomic E-state index is 12.1. The SMILES string of the molecule is C.C.C.C.CBr.CBr.CBr.CC.CC.CC.CC.CC.CC.CC.CC.CC=O.CC=O.CC=O.[Ar].[Ar].[Ar].[Ar].[Ar].[Ar].[Ar].[Ar].[Ar].[Ar].[Ar].[Ar].[Ar].[Ar].[Ar].[Ar].[Ar].[Ar].[Ar].[Ar].[Ar].[Ar].[Ar].[Ar].[Ar].[Ar].[Ar].[Ar].[Ar].[Ar].[Ar].[Ar].[Ar].[Ar].[Ar].[Ar].[Ar].[Ar].[Ar].[Ar].[C-]#[N+]/C(C#N)=C1/C(=C/C)C(=O)c2ccccc21.[C-]#[N+]/C(C#N)=C1/C(=C/C)C(=O)c2ccccc21.[C-]#[N+]/C(C#N)=C1\C(=C\C)C(=O)c2ccccc21.[CH3-].[CH3-].[CH3-].[Y].[Y].[Y]. The second-order valence-corrected chi connectivity index (χ2v) is 11.3. The number of carbonyl (C=O) groups excluding carboxylic acids is 6. The molecule has 833 valence electrons. The minimum atomic E-state index is -0.116. The Balaban J connectivity index is -0.00000000723. The zero-order valence-electron chi connectivity index (χ0n) is 72.5. The Labute approximate surface area is 2110 Å². The van der Waals surface area contributed by atoms with E-state index >= 15 is 0 Å². The van der Waals surface area contributed by atoms with Gasteiger partial charge in [0.15, 0.2) is 17.3 Å². The van der Waals surface area contributed by atoms with Crippen molar-refractivity contribution < 1.29 is 1640 Å². The van der Waals surface area contributed by atoms with E-state index in [1.54, 1.807) is 112 Å². The number of Topliss-reactive ketones (excluding diaryl/α,β-unsaturated/α-hetero) is 3. The maximum Gasteiger partial charge on any atom is 0.270 e. The molecule has 0 amide bonds. The van der Waals surface area contributed by atoms with Crippen molar-refractivity contribution in [2.24, 2.45) is 0 Å². The number of rotatable bonds is 0. The summed E-state index contributed by atoms with van der Waals surface area (Å²) in [6.45, 7) is 62.5. The number of hydrogen-bond donors (Lipinski definition) is 0. The number of benzene rings is 3. The van der Waals surface area contributed by atoms with Crippen molar-refractivity contribution in [3.05, 3.63) is 215 Å². The fraction of sp³-hybridized carbons (Fsp3) is 0.392. The number of alkyl halides is 3. The summed E-state index contributed by atoms with van der Waals surface area (Å²) in [5.41, 5.74) is 6.35. The van der Waals surface area contributed by atoms with Crippen LogP contribution >= 0.6 is 47.8 Å². The fourth-order valence-electron chi connectivity index (χ4n) is 5.91. The summed E-state index contributed by atoms with van der Waals surface area (Å²) in [4.78, 5) is 72.2. The number of allylic oxidation sites excluding steroid dienone is 12. The third kappa shape index (κ3) is 219. The Hall–Kier alpha value is 46.2. The van der Waals surface area contributed by atoms with Crippen LogP contribution in [-0.2, 0) is 113 Å². The molecule has 0 unspecified atom stereocenters. The zero-order valence-corrected chi connectivity index (χ0v) is 114. The number of halogens is 3.